The van der Waals surface area contributed by atoms with Crippen LogP contribution in [0.15, 0.2) is 60.7 Å². The summed E-state index contributed by atoms with van der Waals surface area (Å²) >= 11 is 0. The minimum Gasteiger partial charge on any atom is -0.299 e. The van der Waals surface area contributed by atoms with Gasteiger partial charge in [-0.05, 0) is 31.4 Å². The second-order valence-electron chi connectivity index (χ2n) is 4.65. The van der Waals surface area contributed by atoms with Crippen molar-refractivity contribution in [1.82, 2.24) is 4.90 Å². The highest BCUT2D eigenvalue weighted by Crippen LogP contribution is 2.10. The molecule has 0 radical (unpaired) electrons. The number of hydrogen-bond acceptors (Lipinski definition) is 1. The Morgan fingerprint density at radius 3 is 2.06 bits per heavy atom. The lowest BCUT2D eigenvalue weighted by Crippen LogP contribution is -2.30. The molecule has 0 amide bonds. The Kier molecular flexibility index (Phi) is 3.30. The van der Waals surface area contributed by atoms with Crippen molar-refractivity contribution >= 4 is 0 Å². The van der Waals surface area contributed by atoms with Crippen LogP contribution in [-0.2, 0) is 13.0 Å². The molecule has 2 rings (SSSR count). The molecule has 0 spiro atoms. The van der Waals surface area contributed by atoms with E-state index in [1.54, 1.807) is 4.90 Å². The van der Waals surface area contributed by atoms with E-state index < -0.39 is 6.98 Å². The molecule has 1 atom stereocenters. The van der Waals surface area contributed by atoms with Crippen molar-refractivity contribution in [2.45, 2.75) is 25.9 Å². The zero-order chi connectivity index (χ0) is 15.3. The molecule has 1 nitrogen and oxygen atoms in total. The zero-order valence-electron chi connectivity index (χ0n) is 13.7. The third kappa shape index (κ3) is 3.71. The van der Waals surface area contributed by atoms with Gasteiger partial charge in [-0.3, -0.25) is 4.90 Å². The lowest BCUT2D eigenvalue weighted by molar-refractivity contribution is 0.248. The molecule has 94 valence electrons. The van der Waals surface area contributed by atoms with Crippen LogP contribution in [-0.4, -0.2) is 17.9 Å². The van der Waals surface area contributed by atoms with Gasteiger partial charge in [0.2, 0.25) is 0 Å². The summed E-state index contributed by atoms with van der Waals surface area (Å²) in [5.74, 6) is 0. The molecule has 0 N–H and O–H groups in total. The van der Waals surface area contributed by atoms with E-state index in [1.807, 2.05) is 67.6 Å². The predicted molar refractivity (Wildman–Crippen MR) is 77.5 cm³/mol. The van der Waals surface area contributed by atoms with Gasteiger partial charge in [-0.2, -0.15) is 0 Å². The zero-order valence-corrected chi connectivity index (χ0v) is 10.7. The summed E-state index contributed by atoms with van der Waals surface area (Å²) in [4.78, 5) is 1.59. The van der Waals surface area contributed by atoms with Gasteiger partial charge in [0.05, 0.1) is 0 Å². The van der Waals surface area contributed by atoms with Crippen LogP contribution in [0.1, 0.15) is 22.2 Å². The molecule has 0 saturated heterocycles. The van der Waals surface area contributed by atoms with E-state index in [9.17, 15) is 0 Å². The lowest BCUT2D eigenvalue weighted by Gasteiger charge is -2.24. The maximum absolute atomic E-state index is 7.79. The van der Waals surface area contributed by atoms with Gasteiger partial charge in [-0.25, -0.2) is 0 Å². The molecule has 0 saturated carbocycles. The molecule has 0 fully saturated rings. The average molecular weight is 243 g/mol. The summed E-state index contributed by atoms with van der Waals surface area (Å²) in [7, 11) is 0. The Morgan fingerprint density at radius 1 is 0.944 bits per heavy atom. The summed E-state index contributed by atoms with van der Waals surface area (Å²) in [6.45, 7) is 0.317. The maximum Gasteiger partial charge on any atom is 0.0394 e. The van der Waals surface area contributed by atoms with Crippen LogP contribution in [0.3, 0.4) is 0 Å². The first-order valence-electron chi connectivity index (χ1n) is 7.81. The number of hydrogen-bond donors (Lipinski definition) is 0. The summed E-state index contributed by atoms with van der Waals surface area (Å²) in [6.07, 6.45) is 0.728. The maximum atomic E-state index is 7.79. The van der Waals surface area contributed by atoms with Crippen LogP contribution in [0.4, 0.5) is 0 Å². The van der Waals surface area contributed by atoms with Crippen LogP contribution in [0, 0.1) is 0 Å². The van der Waals surface area contributed by atoms with Crippen LogP contribution in [0.5, 0.6) is 0 Å². The molecule has 2 aromatic carbocycles. The van der Waals surface area contributed by atoms with Crippen LogP contribution in [0.2, 0.25) is 0 Å². The SMILES string of the molecule is [2H][13C]([2H])([2H])N(Cc1ccccc1)C(C)Cc1ccccc1. The van der Waals surface area contributed by atoms with Crippen molar-refractivity contribution in [3.63, 3.8) is 0 Å². The molecule has 0 heterocycles. The van der Waals surface area contributed by atoms with Gasteiger partial charge >= 0.3 is 0 Å². The van der Waals surface area contributed by atoms with Gasteiger partial charge in [0.15, 0.2) is 0 Å². The van der Waals surface area contributed by atoms with Crippen molar-refractivity contribution in [2.75, 3.05) is 6.98 Å². The Morgan fingerprint density at radius 2 is 1.50 bits per heavy atom. The van der Waals surface area contributed by atoms with Crippen LogP contribution in [0.25, 0.3) is 0 Å². The van der Waals surface area contributed by atoms with E-state index in [0.717, 1.165) is 17.5 Å². The topological polar surface area (TPSA) is 3.24 Å². The Labute approximate surface area is 114 Å². The van der Waals surface area contributed by atoms with Crippen molar-refractivity contribution in [2.24, 2.45) is 0 Å². The van der Waals surface area contributed by atoms with E-state index in [-0.39, 0.29) is 6.04 Å². The molecule has 0 aliphatic carbocycles. The van der Waals surface area contributed by atoms with Crippen LogP contribution >= 0.6 is 0 Å². The quantitative estimate of drug-likeness (QED) is 0.723. The Hall–Kier alpha value is -1.60. The number of benzene rings is 2. The fourth-order valence-corrected chi connectivity index (χ4v) is 2.00. The molecule has 1 unspecified atom stereocenters. The van der Waals surface area contributed by atoms with E-state index in [0.29, 0.717) is 6.54 Å². The molecular formula is C17H21N. The molecule has 0 aliphatic rings. The third-order valence-electron chi connectivity index (χ3n) is 3.10. The molecule has 0 aromatic heterocycles. The summed E-state index contributed by atoms with van der Waals surface area (Å²) < 4.78 is 23.4. The number of nitrogens with zero attached hydrogens (tertiary/aromatic N) is 1. The normalized spacial score (nSPS) is 15.8. The van der Waals surface area contributed by atoms with Gasteiger partial charge in [-0.1, -0.05) is 60.7 Å². The van der Waals surface area contributed by atoms with E-state index >= 15 is 0 Å². The minimum atomic E-state index is -2.09. The van der Waals surface area contributed by atoms with Crippen molar-refractivity contribution in [3.8, 4) is 0 Å². The second kappa shape index (κ2) is 6.36. The first-order chi connectivity index (χ1) is 9.97. The highest BCUT2D eigenvalue weighted by molar-refractivity contribution is 5.17. The monoisotopic (exact) mass is 243 g/mol. The number of likely N-dealkylation sites (N-methyl/N-ethyl adjacent to an activating group) is 1. The smallest absolute Gasteiger partial charge is 0.0394 e. The molecule has 0 bridgehead atoms. The van der Waals surface area contributed by atoms with Crippen molar-refractivity contribution in [3.05, 3.63) is 71.8 Å². The van der Waals surface area contributed by atoms with Gasteiger partial charge < -0.3 is 0 Å². The largest absolute Gasteiger partial charge is 0.299 e. The predicted octanol–water partition coefficient (Wildman–Crippen LogP) is 3.75. The molecular weight excluding hydrogens is 219 g/mol. The van der Waals surface area contributed by atoms with E-state index in [1.165, 1.54) is 0 Å². The summed E-state index contributed by atoms with van der Waals surface area (Å²) in [6, 6.07) is 19.7. The lowest BCUT2D eigenvalue weighted by atomic mass is 10.1. The number of rotatable bonds is 5. The molecule has 1 heteroatoms. The first-order valence-corrected chi connectivity index (χ1v) is 6.31. The van der Waals surface area contributed by atoms with Gasteiger partial charge in [-0.15, -0.1) is 0 Å². The van der Waals surface area contributed by atoms with Crippen molar-refractivity contribution < 1.29 is 4.11 Å². The van der Waals surface area contributed by atoms with Gasteiger partial charge in [0, 0.05) is 16.7 Å². The molecule has 2 aromatic rings. The van der Waals surface area contributed by atoms with E-state index in [4.69, 9.17) is 4.11 Å². The average Bonchev–Trinajstić information content (AvgIpc) is 2.45. The second-order valence-corrected chi connectivity index (χ2v) is 4.65. The minimum absolute atomic E-state index is 0.0555. The van der Waals surface area contributed by atoms with Gasteiger partial charge in [0.25, 0.3) is 0 Å². The standard InChI is InChI=1S/C17H21N/c1-15(13-16-9-5-3-6-10-16)18(2)14-17-11-7-4-8-12-17/h3-12,15H,13-14H2,1-2H3/i2+1D3. The molecule has 18 heavy (non-hydrogen) atoms. The van der Waals surface area contributed by atoms with Crippen molar-refractivity contribution in [1.29, 1.82) is 0 Å². The fourth-order valence-electron chi connectivity index (χ4n) is 2.00. The highest BCUT2D eigenvalue weighted by atomic mass is 15.2. The summed E-state index contributed by atoms with van der Waals surface area (Å²) in [5.41, 5.74) is 2.18. The molecule has 0 aliphatic heterocycles. The first kappa shape index (κ1) is 9.35. The summed E-state index contributed by atoms with van der Waals surface area (Å²) in [5, 5.41) is 0. The fraction of sp³-hybridized carbons (Fsp3) is 0.294. The van der Waals surface area contributed by atoms with Crippen LogP contribution < -0.4 is 0 Å². The third-order valence-corrected chi connectivity index (χ3v) is 3.10. The van der Waals surface area contributed by atoms with E-state index in [2.05, 4.69) is 0 Å². The Balaban J connectivity index is 2.12. The van der Waals surface area contributed by atoms with Gasteiger partial charge in [0.1, 0.15) is 0 Å². The Bertz CT molecular complexity index is 537. The highest BCUT2D eigenvalue weighted by Gasteiger charge is 2.09.